The molecule has 4 nitrogen and oxygen atoms in total. The van der Waals surface area contributed by atoms with Crippen LogP contribution in [0.15, 0.2) is 54.6 Å². The smallest absolute Gasteiger partial charge is 0.247 e. The number of anilines is 1. The van der Waals surface area contributed by atoms with Gasteiger partial charge in [0, 0.05) is 18.2 Å². The summed E-state index contributed by atoms with van der Waals surface area (Å²) < 4.78 is 2.09. The van der Waals surface area contributed by atoms with Crippen molar-refractivity contribution in [2.45, 2.75) is 52.6 Å². The van der Waals surface area contributed by atoms with Gasteiger partial charge in [-0.15, -0.1) is 0 Å². The number of para-hydroxylation sites is 3. The number of rotatable bonds is 7. The van der Waals surface area contributed by atoms with Gasteiger partial charge >= 0.3 is 0 Å². The van der Waals surface area contributed by atoms with Crippen molar-refractivity contribution < 1.29 is 4.79 Å². The van der Waals surface area contributed by atoms with Crippen LogP contribution in [-0.4, -0.2) is 21.5 Å². The highest BCUT2D eigenvalue weighted by atomic mass is 16.2. The van der Waals surface area contributed by atoms with Crippen molar-refractivity contribution in [2.75, 3.05) is 4.90 Å². The minimum Gasteiger partial charge on any atom is -0.318 e. The third-order valence-electron chi connectivity index (χ3n) is 4.60. The Hall–Kier alpha value is -2.62. The molecule has 0 saturated heterocycles. The molecule has 0 unspecified atom stereocenters. The molecule has 1 heterocycles. The van der Waals surface area contributed by atoms with Gasteiger partial charge in [-0.2, -0.15) is 0 Å². The molecule has 0 N–H and O–H groups in total. The largest absolute Gasteiger partial charge is 0.318 e. The van der Waals surface area contributed by atoms with E-state index in [1.165, 1.54) is 0 Å². The van der Waals surface area contributed by atoms with Crippen LogP contribution in [-0.2, 0) is 17.8 Å². The van der Waals surface area contributed by atoms with Crippen LogP contribution in [0, 0.1) is 0 Å². The quantitative estimate of drug-likeness (QED) is 0.613. The van der Waals surface area contributed by atoms with E-state index in [0.717, 1.165) is 41.8 Å². The highest BCUT2D eigenvalue weighted by Crippen LogP contribution is 2.21. The molecule has 0 aliphatic heterocycles. The second-order valence-electron chi connectivity index (χ2n) is 6.90. The normalized spacial score (nSPS) is 11.2. The van der Waals surface area contributed by atoms with Gasteiger partial charge in [0.15, 0.2) is 0 Å². The zero-order chi connectivity index (χ0) is 18.5. The number of fused-ring (bicyclic) bond motifs is 1. The molecule has 26 heavy (non-hydrogen) atoms. The molecule has 0 fully saturated rings. The van der Waals surface area contributed by atoms with Crippen LogP contribution in [0.25, 0.3) is 11.0 Å². The SMILES string of the molecule is CCCCc1nc2ccccc2n1CC(=O)N(c1ccccc1)C(C)C. The summed E-state index contributed by atoms with van der Waals surface area (Å²) in [5.41, 5.74) is 2.93. The van der Waals surface area contributed by atoms with Crippen molar-refractivity contribution >= 4 is 22.6 Å². The lowest BCUT2D eigenvalue weighted by molar-refractivity contribution is -0.119. The van der Waals surface area contributed by atoms with Gasteiger partial charge in [-0.05, 0) is 44.5 Å². The third-order valence-corrected chi connectivity index (χ3v) is 4.60. The molecule has 0 atom stereocenters. The zero-order valence-electron chi connectivity index (χ0n) is 15.9. The van der Waals surface area contributed by atoms with Gasteiger partial charge in [-0.3, -0.25) is 4.79 Å². The average Bonchev–Trinajstić information content (AvgIpc) is 2.98. The Morgan fingerprint density at radius 3 is 2.46 bits per heavy atom. The van der Waals surface area contributed by atoms with Crippen molar-refractivity contribution in [2.24, 2.45) is 0 Å². The summed E-state index contributed by atoms with van der Waals surface area (Å²) in [6.07, 6.45) is 3.08. The van der Waals surface area contributed by atoms with Crippen molar-refractivity contribution in [1.82, 2.24) is 9.55 Å². The Labute approximate surface area is 155 Å². The number of hydrogen-bond donors (Lipinski definition) is 0. The Balaban J connectivity index is 1.94. The summed E-state index contributed by atoms with van der Waals surface area (Å²) >= 11 is 0. The third kappa shape index (κ3) is 3.79. The molecule has 3 aromatic rings. The first-order valence-corrected chi connectivity index (χ1v) is 9.43. The Bertz CT molecular complexity index is 867. The number of hydrogen-bond acceptors (Lipinski definition) is 2. The van der Waals surface area contributed by atoms with Gasteiger partial charge in [0.2, 0.25) is 5.91 Å². The number of unbranched alkanes of at least 4 members (excludes halogenated alkanes) is 1. The van der Waals surface area contributed by atoms with Crippen LogP contribution >= 0.6 is 0 Å². The molecule has 136 valence electrons. The molecule has 2 aromatic carbocycles. The number of nitrogens with zero attached hydrogens (tertiary/aromatic N) is 3. The summed E-state index contributed by atoms with van der Waals surface area (Å²) in [5.74, 6) is 1.09. The van der Waals surface area contributed by atoms with Crippen molar-refractivity contribution in [3.63, 3.8) is 0 Å². The number of carbonyl (C=O) groups excluding carboxylic acids is 1. The topological polar surface area (TPSA) is 38.1 Å². The van der Waals surface area contributed by atoms with E-state index in [1.54, 1.807) is 0 Å². The second-order valence-corrected chi connectivity index (χ2v) is 6.90. The summed E-state index contributed by atoms with van der Waals surface area (Å²) in [6, 6.07) is 18.0. The maximum atomic E-state index is 13.2. The van der Waals surface area contributed by atoms with Crippen LogP contribution < -0.4 is 4.90 Å². The van der Waals surface area contributed by atoms with Gasteiger partial charge < -0.3 is 9.47 Å². The van der Waals surface area contributed by atoms with Crippen LogP contribution in [0.5, 0.6) is 0 Å². The van der Waals surface area contributed by atoms with Crippen LogP contribution in [0.2, 0.25) is 0 Å². The monoisotopic (exact) mass is 349 g/mol. The fourth-order valence-corrected chi connectivity index (χ4v) is 3.36. The molecule has 3 rings (SSSR count). The summed E-state index contributed by atoms with van der Waals surface area (Å²) in [4.78, 5) is 19.8. The molecule has 0 bridgehead atoms. The van der Waals surface area contributed by atoms with Crippen LogP contribution in [0.1, 0.15) is 39.4 Å². The minimum absolute atomic E-state index is 0.0899. The molecule has 0 aliphatic carbocycles. The number of amides is 1. The van der Waals surface area contributed by atoms with Gasteiger partial charge in [0.25, 0.3) is 0 Å². The molecule has 1 aromatic heterocycles. The first-order valence-electron chi connectivity index (χ1n) is 9.43. The number of benzene rings is 2. The number of carbonyl (C=O) groups is 1. The van der Waals surface area contributed by atoms with Gasteiger partial charge in [-0.1, -0.05) is 43.7 Å². The minimum atomic E-state index is 0.0899. The standard InChI is InChI=1S/C22H27N3O/c1-4-5-15-21-23-19-13-9-10-14-20(19)24(21)16-22(26)25(17(2)3)18-11-7-6-8-12-18/h6-14,17H,4-5,15-16H2,1-3H3. The number of aromatic nitrogens is 2. The lowest BCUT2D eigenvalue weighted by atomic mass is 10.2. The highest BCUT2D eigenvalue weighted by Gasteiger charge is 2.21. The van der Waals surface area contributed by atoms with E-state index < -0.39 is 0 Å². The second kappa shape index (κ2) is 8.17. The maximum Gasteiger partial charge on any atom is 0.247 e. The van der Waals surface area contributed by atoms with E-state index in [1.807, 2.05) is 59.5 Å². The van der Waals surface area contributed by atoms with Gasteiger partial charge in [-0.25, -0.2) is 4.98 Å². The van der Waals surface area contributed by atoms with Gasteiger partial charge in [0.05, 0.1) is 11.0 Å². The van der Waals surface area contributed by atoms with E-state index in [0.29, 0.717) is 6.54 Å². The summed E-state index contributed by atoms with van der Waals surface area (Å²) in [7, 11) is 0. The Kier molecular flexibility index (Phi) is 5.71. The van der Waals surface area contributed by atoms with Crippen LogP contribution in [0.4, 0.5) is 5.69 Å². The highest BCUT2D eigenvalue weighted by molar-refractivity contribution is 5.94. The van der Waals surface area contributed by atoms with Crippen LogP contribution in [0.3, 0.4) is 0 Å². The van der Waals surface area contributed by atoms with E-state index in [2.05, 4.69) is 25.3 Å². The lowest BCUT2D eigenvalue weighted by Gasteiger charge is -2.27. The first kappa shape index (κ1) is 18.2. The molecular formula is C22H27N3O. The fourth-order valence-electron chi connectivity index (χ4n) is 3.36. The van der Waals surface area contributed by atoms with Crippen molar-refractivity contribution in [3.8, 4) is 0 Å². The Morgan fingerprint density at radius 2 is 1.77 bits per heavy atom. The lowest BCUT2D eigenvalue weighted by Crippen LogP contribution is -2.39. The molecule has 1 amide bonds. The number of imidazole rings is 1. The molecule has 0 spiro atoms. The molecule has 4 heteroatoms. The van der Waals surface area contributed by atoms with E-state index in [4.69, 9.17) is 4.98 Å². The predicted octanol–water partition coefficient (Wildman–Crippen LogP) is 4.82. The zero-order valence-corrected chi connectivity index (χ0v) is 15.9. The molecular weight excluding hydrogens is 322 g/mol. The van der Waals surface area contributed by atoms with Gasteiger partial charge in [0.1, 0.15) is 12.4 Å². The fraction of sp³-hybridized carbons (Fsp3) is 0.364. The first-order chi connectivity index (χ1) is 12.6. The molecule has 0 radical (unpaired) electrons. The Morgan fingerprint density at radius 1 is 1.08 bits per heavy atom. The van der Waals surface area contributed by atoms with E-state index in [9.17, 15) is 4.79 Å². The molecule has 0 saturated carbocycles. The van der Waals surface area contributed by atoms with Crippen molar-refractivity contribution in [1.29, 1.82) is 0 Å². The predicted molar refractivity (Wildman–Crippen MR) is 107 cm³/mol. The summed E-state index contributed by atoms with van der Waals surface area (Å²) in [5, 5.41) is 0. The summed E-state index contributed by atoms with van der Waals surface area (Å²) in [6.45, 7) is 6.59. The van der Waals surface area contributed by atoms with E-state index in [-0.39, 0.29) is 11.9 Å². The van der Waals surface area contributed by atoms with Crippen molar-refractivity contribution in [3.05, 3.63) is 60.4 Å². The maximum absolute atomic E-state index is 13.2. The number of aryl methyl sites for hydroxylation is 1. The molecule has 0 aliphatic rings. The van der Waals surface area contributed by atoms with E-state index >= 15 is 0 Å². The average molecular weight is 349 g/mol.